The van der Waals surface area contributed by atoms with Crippen molar-refractivity contribution in [2.45, 2.75) is 162 Å². The smallest absolute Gasteiger partial charge is 0.307 e. The van der Waals surface area contributed by atoms with E-state index < -0.39 is 59.5 Å². The van der Waals surface area contributed by atoms with Gasteiger partial charge < -0.3 is 39.2 Å². The molecule has 78 heavy (non-hydrogen) atoms. The minimum absolute atomic E-state index is 0.0120. The van der Waals surface area contributed by atoms with Crippen LogP contribution in [0.4, 0.5) is 0 Å². The van der Waals surface area contributed by atoms with E-state index in [0.29, 0.717) is 45.2 Å². The number of hydrogen-bond acceptors (Lipinski definition) is 13. The standard InChI is InChI=1S/C60H88N4O14/c1-11-40(4)56(50(75-9)38-55(71)63-28-15-18-48(63)57(76-10)41(5)49(66)36-45(59(73)74)34-43-16-13-12-14-17-43)62(8)58(72)47(39(2)3)37-51(67)60(6,7)61-52(68)27-31-78-33-32-77-30-26-46(65)35-44-21-19-42(20-22-44)23-24-53(69)64-29-25-54(64)70/h12-14,16-17,19-22,39-41,45,47-48,50,56-57H,11,15,18,23-38H2,1-10H3,(H,61,68)(H,73,74)/t40-,41-,45+,47-,48-,50+,56-,57+/m0/s1. The topological polar surface area (TPSA) is 233 Å². The van der Waals surface area contributed by atoms with Crippen LogP contribution in [-0.4, -0.2) is 163 Å². The quantitative estimate of drug-likeness (QED) is 0.0568. The largest absolute Gasteiger partial charge is 0.481 e. The average Bonchev–Trinajstić information content (AvgIpc) is 3.91. The number of methoxy groups -OCH3 is 2. The van der Waals surface area contributed by atoms with Crippen LogP contribution in [0.3, 0.4) is 0 Å². The highest BCUT2D eigenvalue weighted by molar-refractivity contribution is 5.99. The number of ketones is 3. The molecule has 0 radical (unpaired) electrons. The molecule has 2 aromatic carbocycles. The van der Waals surface area contributed by atoms with Crippen LogP contribution in [0.25, 0.3) is 0 Å². The molecule has 2 aliphatic rings. The number of carbonyl (C=O) groups excluding carboxylic acids is 8. The number of aliphatic carboxylic acids is 1. The van der Waals surface area contributed by atoms with Crippen LogP contribution in [0.15, 0.2) is 54.6 Å². The summed E-state index contributed by atoms with van der Waals surface area (Å²) in [5.74, 6) is -5.54. The van der Waals surface area contributed by atoms with E-state index in [4.69, 9.17) is 18.9 Å². The third kappa shape index (κ3) is 19.3. The Hall–Kier alpha value is -5.69. The van der Waals surface area contributed by atoms with Crippen molar-refractivity contribution >= 4 is 52.9 Å². The fourth-order valence-corrected chi connectivity index (χ4v) is 10.5. The highest BCUT2D eigenvalue weighted by Gasteiger charge is 2.44. The zero-order valence-corrected chi connectivity index (χ0v) is 47.9. The Morgan fingerprint density at radius 2 is 1.42 bits per heavy atom. The number of carbonyl (C=O) groups is 9. The Kier molecular flexibility index (Phi) is 26.4. The van der Waals surface area contributed by atoms with Crippen LogP contribution >= 0.6 is 0 Å². The third-order valence-corrected chi connectivity index (χ3v) is 15.7. The number of benzene rings is 2. The van der Waals surface area contributed by atoms with Crippen LogP contribution in [0.1, 0.15) is 129 Å². The van der Waals surface area contributed by atoms with Crippen LogP contribution in [0, 0.1) is 29.6 Å². The molecule has 2 saturated heterocycles. The number of imide groups is 1. The number of nitrogens with zero attached hydrogens (tertiary/aromatic N) is 3. The number of carboxylic acid groups (broad SMARTS) is 1. The van der Waals surface area contributed by atoms with Gasteiger partial charge in [0.1, 0.15) is 11.6 Å². The number of ether oxygens (including phenoxy) is 4. The number of aryl methyl sites for hydroxylation is 1. The Balaban J connectivity index is 1.23. The highest BCUT2D eigenvalue weighted by atomic mass is 16.5. The summed E-state index contributed by atoms with van der Waals surface area (Å²) in [6, 6.07) is 15.7. The van der Waals surface area contributed by atoms with Crippen LogP contribution in [-0.2, 0) is 81.4 Å². The van der Waals surface area contributed by atoms with Crippen LogP contribution < -0.4 is 5.32 Å². The fourth-order valence-electron chi connectivity index (χ4n) is 10.5. The van der Waals surface area contributed by atoms with E-state index in [1.807, 2.05) is 82.3 Å². The molecule has 0 unspecified atom stereocenters. The molecular weight excluding hydrogens is 1000 g/mol. The van der Waals surface area contributed by atoms with Crippen LogP contribution in [0.2, 0.25) is 0 Å². The Labute approximate surface area is 462 Å². The molecule has 0 aromatic heterocycles. The maximum absolute atomic E-state index is 14.6. The molecule has 2 heterocycles. The van der Waals surface area contributed by atoms with E-state index in [9.17, 15) is 48.3 Å². The minimum Gasteiger partial charge on any atom is -0.481 e. The number of likely N-dealkylation sites (N-methyl/N-ethyl adjacent to an activating group) is 1. The summed E-state index contributed by atoms with van der Waals surface area (Å²) < 4.78 is 23.2. The molecule has 2 N–H and O–H groups in total. The number of likely N-dealkylation sites (tertiary alicyclic amines) is 2. The molecule has 18 nitrogen and oxygen atoms in total. The number of nitrogens with one attached hydrogen (secondary N) is 1. The molecule has 0 aliphatic carbocycles. The van der Waals surface area contributed by atoms with Gasteiger partial charge in [-0.05, 0) is 68.1 Å². The molecule has 2 aromatic rings. The molecule has 2 aliphatic heterocycles. The van der Waals surface area contributed by atoms with Gasteiger partial charge >= 0.3 is 5.97 Å². The van der Waals surface area contributed by atoms with Crippen molar-refractivity contribution in [3.05, 3.63) is 71.3 Å². The zero-order valence-electron chi connectivity index (χ0n) is 47.9. The summed E-state index contributed by atoms with van der Waals surface area (Å²) in [4.78, 5) is 123. The lowest BCUT2D eigenvalue weighted by atomic mass is 9.82. The number of carboxylic acids is 1. The van der Waals surface area contributed by atoms with Gasteiger partial charge in [-0.15, -0.1) is 0 Å². The average molecular weight is 1090 g/mol. The van der Waals surface area contributed by atoms with E-state index in [-0.39, 0.29) is 131 Å². The van der Waals surface area contributed by atoms with Crippen molar-refractivity contribution in [2.24, 2.45) is 29.6 Å². The van der Waals surface area contributed by atoms with Gasteiger partial charge in [0.15, 0.2) is 5.78 Å². The van der Waals surface area contributed by atoms with E-state index in [2.05, 4.69) is 5.32 Å². The first kappa shape index (κ1) is 64.8. The van der Waals surface area contributed by atoms with Crippen molar-refractivity contribution in [1.82, 2.24) is 20.0 Å². The summed E-state index contributed by atoms with van der Waals surface area (Å²) in [5.41, 5.74) is 1.33. The van der Waals surface area contributed by atoms with Crippen molar-refractivity contribution in [1.29, 1.82) is 0 Å². The van der Waals surface area contributed by atoms with Gasteiger partial charge in [0.25, 0.3) is 0 Å². The monoisotopic (exact) mass is 1090 g/mol. The summed E-state index contributed by atoms with van der Waals surface area (Å²) in [6.45, 7) is 14.3. The van der Waals surface area contributed by atoms with Gasteiger partial charge in [0.05, 0.1) is 68.6 Å². The molecule has 4 rings (SSSR count). The second-order valence-electron chi connectivity index (χ2n) is 22.1. The zero-order chi connectivity index (χ0) is 57.7. The minimum atomic E-state index is -1.30. The van der Waals surface area contributed by atoms with Gasteiger partial charge in [-0.1, -0.05) is 95.6 Å². The van der Waals surface area contributed by atoms with E-state index in [1.165, 1.54) is 19.1 Å². The molecular formula is C60H88N4O14. The van der Waals surface area contributed by atoms with Crippen molar-refractivity contribution < 1.29 is 67.2 Å². The Bertz CT molecular complexity index is 2320. The molecule has 432 valence electrons. The number of amides is 5. The lowest BCUT2D eigenvalue weighted by molar-refractivity contribution is -0.152. The molecule has 0 spiro atoms. The SMILES string of the molecule is CC[C@H](C)[C@@H]([C@@H](CC(=O)N1CCC[C@H]1[C@H](OC)[C@@H](C)C(=O)C[C@@H](Cc1ccccc1)C(=O)O)OC)N(C)C(=O)[C@@H](CC(=O)C(C)(C)NC(=O)CCOCCOCCC(=O)Cc1ccc(CCC(=O)N2CCC2=O)cc1)C(C)C. The number of rotatable bonds is 36. The predicted octanol–water partition coefficient (Wildman–Crippen LogP) is 6.25. The van der Waals surface area contributed by atoms with E-state index in [1.54, 1.807) is 37.6 Å². The van der Waals surface area contributed by atoms with Gasteiger partial charge in [-0.2, -0.15) is 0 Å². The maximum atomic E-state index is 14.6. The molecule has 0 saturated carbocycles. The summed E-state index contributed by atoms with van der Waals surface area (Å²) in [7, 11) is 4.70. The fraction of sp³-hybridized carbons (Fsp3) is 0.650. The maximum Gasteiger partial charge on any atom is 0.307 e. The Morgan fingerprint density at radius 3 is 1.99 bits per heavy atom. The molecule has 0 bridgehead atoms. The first-order valence-electron chi connectivity index (χ1n) is 27.9. The molecule has 8 atom stereocenters. The highest BCUT2D eigenvalue weighted by Crippen LogP contribution is 2.32. The first-order chi connectivity index (χ1) is 37.0. The van der Waals surface area contributed by atoms with E-state index in [0.717, 1.165) is 16.7 Å². The van der Waals surface area contributed by atoms with Gasteiger partial charge in [0, 0.05) is 91.1 Å². The summed E-state index contributed by atoms with van der Waals surface area (Å²) in [6.07, 6.45) is 2.03. The third-order valence-electron chi connectivity index (χ3n) is 15.7. The van der Waals surface area contributed by atoms with E-state index >= 15 is 0 Å². The normalized spacial score (nSPS) is 17.3. The van der Waals surface area contributed by atoms with Gasteiger partial charge in [0.2, 0.25) is 29.5 Å². The van der Waals surface area contributed by atoms with Gasteiger partial charge in [-0.3, -0.25) is 48.1 Å². The first-order valence-corrected chi connectivity index (χ1v) is 27.9. The molecule has 2 fully saturated rings. The lowest BCUT2D eigenvalue weighted by Gasteiger charge is -2.41. The van der Waals surface area contributed by atoms with Gasteiger partial charge in [-0.25, -0.2) is 0 Å². The molecule has 5 amide bonds. The van der Waals surface area contributed by atoms with Crippen molar-refractivity contribution in [2.75, 3.05) is 60.8 Å². The van der Waals surface area contributed by atoms with Crippen molar-refractivity contribution in [3.8, 4) is 0 Å². The van der Waals surface area contributed by atoms with Crippen molar-refractivity contribution in [3.63, 3.8) is 0 Å². The number of β-lactam (4-membered cyclic amide) rings is 1. The number of hydrogen-bond donors (Lipinski definition) is 2. The Morgan fingerprint density at radius 1 is 0.782 bits per heavy atom. The second kappa shape index (κ2) is 31.8. The molecule has 18 heteroatoms. The predicted molar refractivity (Wildman–Crippen MR) is 293 cm³/mol. The lowest BCUT2D eigenvalue weighted by Crippen LogP contribution is -2.55. The second-order valence-corrected chi connectivity index (χ2v) is 22.1. The summed E-state index contributed by atoms with van der Waals surface area (Å²) >= 11 is 0. The summed E-state index contributed by atoms with van der Waals surface area (Å²) in [5, 5.41) is 12.8. The number of Topliss-reactive ketones (excluding diaryl/α,β-unsaturated/α-hetero) is 3. The van der Waals surface area contributed by atoms with Crippen LogP contribution in [0.5, 0.6) is 0 Å².